The van der Waals surface area contributed by atoms with Gasteiger partial charge in [-0.15, -0.1) is 0 Å². The first kappa shape index (κ1) is 8.19. The molecule has 0 aliphatic heterocycles. The second-order valence-corrected chi connectivity index (χ2v) is 2.82. The third-order valence-corrected chi connectivity index (χ3v) is 1.33. The van der Waals surface area contributed by atoms with Crippen molar-refractivity contribution in [3.8, 4) is 0 Å². The Morgan fingerprint density at radius 2 is 2.00 bits per heavy atom. The second kappa shape index (κ2) is 2.65. The van der Waals surface area contributed by atoms with E-state index in [-0.39, 0.29) is 5.55 Å². The lowest BCUT2D eigenvalue weighted by Gasteiger charge is -1.85. The minimum Gasteiger partial charge on any atom is -0.361 e. The Morgan fingerprint density at radius 3 is 2.11 bits per heavy atom. The lowest BCUT2D eigenvalue weighted by atomic mass is 11.7. The molecule has 0 N–H and O–H groups in total. The van der Waals surface area contributed by atoms with Crippen molar-refractivity contribution in [2.75, 3.05) is 0 Å². The van der Waals surface area contributed by atoms with Gasteiger partial charge in [-0.25, -0.2) is 8.42 Å². The molecule has 0 rings (SSSR count). The maximum absolute atomic E-state index is 11.2. The van der Waals surface area contributed by atoms with Crippen LogP contribution < -0.4 is 0 Å². The molecule has 0 saturated carbocycles. The molecule has 0 radical (unpaired) electrons. The molecule has 0 saturated heterocycles. The van der Waals surface area contributed by atoms with Crippen molar-refractivity contribution in [3.63, 3.8) is 0 Å². The van der Waals surface area contributed by atoms with Crippen LogP contribution in [0.5, 0.6) is 0 Å². The largest absolute Gasteiger partial charge is 0.376 e. The van der Waals surface area contributed by atoms with Crippen molar-refractivity contribution in [1.82, 2.24) is 0 Å². The van der Waals surface area contributed by atoms with Gasteiger partial charge in [0, 0.05) is 0 Å². The van der Waals surface area contributed by atoms with E-state index in [1.165, 1.54) is 0 Å². The van der Waals surface area contributed by atoms with Gasteiger partial charge in [0.2, 0.25) is 0 Å². The lowest BCUT2D eigenvalue weighted by molar-refractivity contribution is 0.00710. The average molecular weight is 156 g/mol. The van der Waals surface area contributed by atoms with Crippen LogP contribution in [0.2, 0.25) is 0 Å². The Balaban J connectivity index is 4.62. The van der Waals surface area contributed by atoms with Gasteiger partial charge in [0.05, 0.1) is 0 Å². The number of rotatable bonds is 2. The number of hydrogen-bond acceptors (Lipinski definition) is 2. The summed E-state index contributed by atoms with van der Waals surface area (Å²) >= 11 is 0. The van der Waals surface area contributed by atoms with Gasteiger partial charge in [-0.2, -0.15) is 13.6 Å². The van der Waals surface area contributed by atoms with E-state index < -0.39 is 15.6 Å². The zero-order chi connectivity index (χ0) is 7.49. The zero-order valence-corrected chi connectivity index (χ0v) is 4.85. The van der Waals surface area contributed by atoms with Crippen LogP contribution in [0.1, 0.15) is 0 Å². The summed E-state index contributed by atoms with van der Waals surface area (Å²) in [5.41, 5.74) is 7.30. The number of halogens is 2. The predicted molar refractivity (Wildman–Crippen MR) is 24.6 cm³/mol. The highest BCUT2D eigenvalue weighted by Gasteiger charge is 2.25. The van der Waals surface area contributed by atoms with Crippen molar-refractivity contribution in [3.05, 3.63) is 5.53 Å². The molecule has 0 aliphatic carbocycles. The molecule has 0 fully saturated rings. The Kier molecular flexibility index (Phi) is 2.41. The summed E-state index contributed by atoms with van der Waals surface area (Å²) in [6.07, 6.45) is 0. The molecule has 52 valence electrons. The van der Waals surface area contributed by atoms with Gasteiger partial charge >= 0.3 is 21.1 Å². The molecular weight excluding hydrogens is 154 g/mol. The molecule has 0 aromatic rings. The summed E-state index contributed by atoms with van der Waals surface area (Å²) in [5.74, 6) is -3.52. The van der Waals surface area contributed by atoms with Crippen LogP contribution in [0.15, 0.2) is 0 Å². The molecule has 0 atom stereocenters. The maximum atomic E-state index is 11.2. The third-order valence-electron chi connectivity index (χ3n) is 0.442. The van der Waals surface area contributed by atoms with Gasteiger partial charge in [-0.3, -0.25) is 0 Å². The SMILES string of the molecule is [N-]=[N+]=CS(=O)(=O)C(F)F. The highest BCUT2D eigenvalue weighted by Crippen LogP contribution is 2.00. The smallest absolute Gasteiger partial charge is 0.361 e. The normalized spacial score (nSPS) is 11.0. The van der Waals surface area contributed by atoms with Gasteiger partial charge in [0.15, 0.2) is 0 Å². The summed E-state index contributed by atoms with van der Waals surface area (Å²) in [7, 11) is -4.62. The van der Waals surface area contributed by atoms with Crippen molar-refractivity contribution in [2.24, 2.45) is 0 Å². The van der Waals surface area contributed by atoms with E-state index in [0.717, 1.165) is 0 Å². The molecule has 9 heavy (non-hydrogen) atoms. The molecule has 0 heterocycles. The highest BCUT2D eigenvalue weighted by molar-refractivity contribution is 8.04. The predicted octanol–water partition coefficient (Wildman–Crippen LogP) is -0.118. The topological polar surface area (TPSA) is 70.5 Å². The molecule has 0 aliphatic rings. The van der Waals surface area contributed by atoms with Crippen LogP contribution >= 0.6 is 0 Å². The number of alkyl halides is 2. The first-order valence-corrected chi connectivity index (χ1v) is 3.31. The average Bonchev–Trinajstić information content (AvgIpc) is 1.65. The lowest BCUT2D eigenvalue weighted by Crippen LogP contribution is -2.11. The Labute approximate surface area is 49.6 Å². The number of sulfone groups is 1. The molecule has 0 spiro atoms. The van der Waals surface area contributed by atoms with Gasteiger partial charge in [0.1, 0.15) is 0 Å². The van der Waals surface area contributed by atoms with E-state index in [4.69, 9.17) is 5.53 Å². The summed E-state index contributed by atoms with van der Waals surface area (Å²) < 4.78 is 42.2. The fourth-order valence-electron chi connectivity index (χ4n) is 0.112. The number of hydrogen-bond donors (Lipinski definition) is 0. The molecule has 4 nitrogen and oxygen atoms in total. The summed E-state index contributed by atoms with van der Waals surface area (Å²) in [6.45, 7) is 0. The fraction of sp³-hybridized carbons (Fsp3) is 0.500. The van der Waals surface area contributed by atoms with Gasteiger partial charge < -0.3 is 5.53 Å². The molecule has 0 aromatic carbocycles. The molecular formula is C2H2F2N2O2S. The van der Waals surface area contributed by atoms with Gasteiger partial charge in [0.25, 0.3) is 0 Å². The highest BCUT2D eigenvalue weighted by atomic mass is 32.2. The van der Waals surface area contributed by atoms with Crippen LogP contribution in [-0.4, -0.2) is 24.5 Å². The summed E-state index contributed by atoms with van der Waals surface area (Å²) in [5, 5.41) is 0. The summed E-state index contributed by atoms with van der Waals surface area (Å²) in [4.78, 5) is 1.94. The first-order chi connectivity index (χ1) is 4.00. The van der Waals surface area contributed by atoms with Crippen LogP contribution in [0, 0.1) is 0 Å². The Hall–Kier alpha value is -0.810. The van der Waals surface area contributed by atoms with E-state index in [9.17, 15) is 17.2 Å². The molecule has 0 unspecified atom stereocenters. The van der Waals surface area contributed by atoms with Gasteiger partial charge in [-0.05, 0) is 0 Å². The molecule has 0 aromatic heterocycles. The van der Waals surface area contributed by atoms with Crippen LogP contribution in [0.25, 0.3) is 5.53 Å². The third kappa shape index (κ3) is 2.29. The van der Waals surface area contributed by atoms with Crippen LogP contribution in [0.3, 0.4) is 0 Å². The minimum atomic E-state index is -4.62. The molecule has 0 bridgehead atoms. The van der Waals surface area contributed by atoms with Crippen molar-refractivity contribution in [1.29, 1.82) is 0 Å². The minimum absolute atomic E-state index is 0.211. The maximum Gasteiger partial charge on any atom is 0.376 e. The first-order valence-electron chi connectivity index (χ1n) is 1.70. The standard InChI is InChI=1S/C2H2F2N2O2S/c3-2(4)9(7,8)1-6-5/h1-2H. The van der Waals surface area contributed by atoms with Gasteiger partial charge in [-0.1, -0.05) is 0 Å². The van der Waals surface area contributed by atoms with E-state index >= 15 is 0 Å². The van der Waals surface area contributed by atoms with Crippen molar-refractivity contribution >= 4 is 15.4 Å². The van der Waals surface area contributed by atoms with Crippen LogP contribution in [-0.2, 0) is 9.84 Å². The van der Waals surface area contributed by atoms with E-state index in [0.29, 0.717) is 0 Å². The van der Waals surface area contributed by atoms with Crippen molar-refractivity contribution < 1.29 is 22.0 Å². The summed E-state index contributed by atoms with van der Waals surface area (Å²) in [6, 6.07) is 0. The van der Waals surface area contributed by atoms with E-state index in [2.05, 4.69) is 0 Å². The van der Waals surface area contributed by atoms with E-state index in [1.54, 1.807) is 0 Å². The Morgan fingerprint density at radius 1 is 1.56 bits per heavy atom. The van der Waals surface area contributed by atoms with Crippen molar-refractivity contribution in [2.45, 2.75) is 5.76 Å². The molecule has 7 heteroatoms. The Bertz CT molecular complexity index is 227. The van der Waals surface area contributed by atoms with Crippen LogP contribution in [0.4, 0.5) is 8.78 Å². The fourth-order valence-corrected chi connectivity index (χ4v) is 0.335. The monoisotopic (exact) mass is 156 g/mol. The molecule has 0 amide bonds. The number of nitrogens with zero attached hydrogens (tertiary/aromatic N) is 2. The second-order valence-electron chi connectivity index (χ2n) is 1.07. The quantitative estimate of drug-likeness (QED) is 0.242. The van der Waals surface area contributed by atoms with E-state index in [1.807, 2.05) is 4.79 Å². The zero-order valence-electron chi connectivity index (χ0n) is 4.03.